The number of nitrogens with zero attached hydrogens (tertiary/aromatic N) is 1. The van der Waals surface area contributed by atoms with E-state index in [0.717, 1.165) is 23.4 Å². The molecule has 1 aromatic heterocycles. The van der Waals surface area contributed by atoms with Crippen LogP contribution in [0.4, 0.5) is 30.4 Å². The van der Waals surface area contributed by atoms with Crippen molar-refractivity contribution in [2.45, 2.75) is 6.92 Å². The first-order valence-electron chi connectivity index (χ1n) is 7.68. The van der Waals surface area contributed by atoms with E-state index in [9.17, 15) is 18.0 Å². The highest BCUT2D eigenvalue weighted by Crippen LogP contribution is 2.21. The van der Waals surface area contributed by atoms with Crippen molar-refractivity contribution in [3.63, 3.8) is 0 Å². The van der Waals surface area contributed by atoms with Crippen LogP contribution >= 0.6 is 0 Å². The highest BCUT2D eigenvalue weighted by molar-refractivity contribution is 6.04. The maximum atomic E-state index is 13.6. The molecule has 0 unspecified atom stereocenters. The van der Waals surface area contributed by atoms with Gasteiger partial charge in [-0.2, -0.15) is 0 Å². The first-order chi connectivity index (χ1) is 12.4. The van der Waals surface area contributed by atoms with E-state index in [2.05, 4.69) is 15.6 Å². The van der Waals surface area contributed by atoms with Crippen molar-refractivity contribution in [3.8, 4) is 0 Å². The number of nitrogens with one attached hydrogen (secondary N) is 2. The Morgan fingerprint density at radius 3 is 2.31 bits per heavy atom. The van der Waals surface area contributed by atoms with E-state index in [1.807, 2.05) is 31.2 Å². The summed E-state index contributed by atoms with van der Waals surface area (Å²) < 4.78 is 39.7. The molecule has 4 nitrogen and oxygen atoms in total. The van der Waals surface area contributed by atoms with Crippen LogP contribution in [0.2, 0.25) is 0 Å². The second-order valence-electron chi connectivity index (χ2n) is 5.60. The molecule has 0 aliphatic rings. The molecule has 2 N–H and O–H groups in total. The number of anilines is 3. The molecule has 0 saturated heterocycles. The molecule has 26 heavy (non-hydrogen) atoms. The summed E-state index contributed by atoms with van der Waals surface area (Å²) in [6.45, 7) is 1.98. The minimum atomic E-state index is -1.64. The molecule has 0 spiro atoms. The molecule has 3 rings (SSSR count). The fraction of sp³-hybridized carbons (Fsp3) is 0.0526. The van der Waals surface area contributed by atoms with E-state index in [0.29, 0.717) is 5.82 Å². The van der Waals surface area contributed by atoms with Gasteiger partial charge in [0.25, 0.3) is 5.91 Å². The van der Waals surface area contributed by atoms with Crippen molar-refractivity contribution < 1.29 is 18.0 Å². The van der Waals surface area contributed by atoms with Gasteiger partial charge in [0.15, 0.2) is 17.5 Å². The van der Waals surface area contributed by atoms with Crippen molar-refractivity contribution in [1.29, 1.82) is 0 Å². The lowest BCUT2D eigenvalue weighted by atomic mass is 10.2. The molecule has 0 fully saturated rings. The number of hydrogen-bond donors (Lipinski definition) is 2. The Labute approximate surface area is 147 Å². The summed E-state index contributed by atoms with van der Waals surface area (Å²) in [6.07, 6.45) is 1.30. The standard InChI is InChI=1S/C19H14F3N3O/c1-11-2-5-13(6-3-11)24-16-9-4-12(10-23-16)19(26)25-15-8-7-14(20)17(21)18(15)22/h2-10H,1H3,(H,23,24)(H,25,26). The van der Waals surface area contributed by atoms with Gasteiger partial charge in [-0.05, 0) is 43.3 Å². The number of carbonyl (C=O) groups is 1. The van der Waals surface area contributed by atoms with Crippen LogP contribution in [-0.2, 0) is 0 Å². The van der Waals surface area contributed by atoms with Crippen molar-refractivity contribution in [2.75, 3.05) is 10.6 Å². The number of carbonyl (C=O) groups excluding carboxylic acids is 1. The molecule has 3 aromatic rings. The number of amides is 1. The van der Waals surface area contributed by atoms with E-state index in [1.165, 1.54) is 12.3 Å². The van der Waals surface area contributed by atoms with Crippen LogP contribution in [-0.4, -0.2) is 10.9 Å². The number of hydrogen-bond acceptors (Lipinski definition) is 3. The molecule has 7 heteroatoms. The predicted octanol–water partition coefficient (Wildman–Crippen LogP) is 4.80. The summed E-state index contributed by atoms with van der Waals surface area (Å²) in [4.78, 5) is 16.2. The van der Waals surface area contributed by atoms with Crippen LogP contribution in [0, 0.1) is 24.4 Å². The summed E-state index contributed by atoms with van der Waals surface area (Å²) in [5.74, 6) is -4.59. The summed E-state index contributed by atoms with van der Waals surface area (Å²) in [5.41, 5.74) is 1.66. The van der Waals surface area contributed by atoms with Gasteiger partial charge in [-0.3, -0.25) is 4.79 Å². The largest absolute Gasteiger partial charge is 0.340 e. The van der Waals surface area contributed by atoms with Crippen LogP contribution < -0.4 is 10.6 Å². The molecule has 0 aliphatic carbocycles. The van der Waals surface area contributed by atoms with Crippen LogP contribution in [0.5, 0.6) is 0 Å². The lowest BCUT2D eigenvalue weighted by molar-refractivity contribution is 0.102. The van der Waals surface area contributed by atoms with Crippen molar-refractivity contribution in [1.82, 2.24) is 4.98 Å². The number of halogens is 3. The molecule has 1 amide bonds. The molecule has 2 aromatic carbocycles. The van der Waals surface area contributed by atoms with Crippen molar-refractivity contribution >= 4 is 23.1 Å². The van der Waals surface area contributed by atoms with Crippen LogP contribution in [0.25, 0.3) is 0 Å². The quantitative estimate of drug-likeness (QED) is 0.659. The fourth-order valence-corrected chi connectivity index (χ4v) is 2.20. The monoisotopic (exact) mass is 357 g/mol. The number of aryl methyl sites for hydroxylation is 1. The van der Waals surface area contributed by atoms with Gasteiger partial charge in [0.1, 0.15) is 5.82 Å². The average molecular weight is 357 g/mol. The summed E-state index contributed by atoms with van der Waals surface area (Å²) >= 11 is 0. The van der Waals surface area contributed by atoms with Gasteiger partial charge in [-0.1, -0.05) is 17.7 Å². The minimum absolute atomic E-state index is 0.142. The molecule has 0 bridgehead atoms. The molecule has 0 saturated carbocycles. The van der Waals surface area contributed by atoms with Gasteiger partial charge < -0.3 is 10.6 Å². The Morgan fingerprint density at radius 2 is 1.65 bits per heavy atom. The average Bonchev–Trinajstić information content (AvgIpc) is 2.64. The lowest BCUT2D eigenvalue weighted by Gasteiger charge is -2.09. The van der Waals surface area contributed by atoms with Gasteiger partial charge in [0.2, 0.25) is 0 Å². The molecule has 132 valence electrons. The summed E-state index contributed by atoms with van der Waals surface area (Å²) in [6, 6.07) is 12.4. The first kappa shape index (κ1) is 17.5. The fourth-order valence-electron chi connectivity index (χ4n) is 2.20. The third-order valence-corrected chi connectivity index (χ3v) is 3.63. The molecule has 1 heterocycles. The number of rotatable bonds is 4. The Kier molecular flexibility index (Phi) is 4.88. The second kappa shape index (κ2) is 7.26. The molecule has 0 radical (unpaired) electrons. The Bertz CT molecular complexity index is 941. The first-order valence-corrected chi connectivity index (χ1v) is 7.68. The number of aromatic nitrogens is 1. The second-order valence-corrected chi connectivity index (χ2v) is 5.60. The van der Waals surface area contributed by atoms with Gasteiger partial charge >= 0.3 is 0 Å². The summed E-state index contributed by atoms with van der Waals surface area (Å²) in [5, 5.41) is 5.26. The van der Waals surface area contributed by atoms with Gasteiger partial charge in [0.05, 0.1) is 11.3 Å². The number of pyridine rings is 1. The van der Waals surface area contributed by atoms with E-state index in [1.54, 1.807) is 6.07 Å². The van der Waals surface area contributed by atoms with Crippen molar-refractivity contribution in [3.05, 3.63) is 83.3 Å². The highest BCUT2D eigenvalue weighted by atomic mass is 19.2. The maximum Gasteiger partial charge on any atom is 0.257 e. The molecular formula is C19H14F3N3O. The number of benzene rings is 2. The van der Waals surface area contributed by atoms with Crippen LogP contribution in [0.15, 0.2) is 54.7 Å². The van der Waals surface area contributed by atoms with E-state index in [4.69, 9.17) is 0 Å². The summed E-state index contributed by atoms with van der Waals surface area (Å²) in [7, 11) is 0. The van der Waals surface area contributed by atoms with Gasteiger partial charge in [-0.15, -0.1) is 0 Å². The SMILES string of the molecule is Cc1ccc(Nc2ccc(C(=O)Nc3ccc(F)c(F)c3F)cn2)cc1. The predicted molar refractivity (Wildman–Crippen MR) is 93.0 cm³/mol. The lowest BCUT2D eigenvalue weighted by Crippen LogP contribution is -2.14. The molecular weight excluding hydrogens is 343 g/mol. The highest BCUT2D eigenvalue weighted by Gasteiger charge is 2.16. The smallest absolute Gasteiger partial charge is 0.257 e. The van der Waals surface area contributed by atoms with Crippen LogP contribution in [0.3, 0.4) is 0 Å². The van der Waals surface area contributed by atoms with Crippen LogP contribution in [0.1, 0.15) is 15.9 Å². The Morgan fingerprint density at radius 1 is 0.923 bits per heavy atom. The normalized spacial score (nSPS) is 10.5. The third kappa shape index (κ3) is 3.83. The van der Waals surface area contributed by atoms with Gasteiger partial charge in [0, 0.05) is 11.9 Å². The van der Waals surface area contributed by atoms with E-state index < -0.39 is 29.0 Å². The third-order valence-electron chi connectivity index (χ3n) is 3.63. The van der Waals surface area contributed by atoms with E-state index >= 15 is 0 Å². The zero-order valence-electron chi connectivity index (χ0n) is 13.7. The van der Waals surface area contributed by atoms with Crippen molar-refractivity contribution in [2.24, 2.45) is 0 Å². The topological polar surface area (TPSA) is 54.0 Å². The minimum Gasteiger partial charge on any atom is -0.340 e. The molecule has 0 atom stereocenters. The molecule has 0 aliphatic heterocycles. The zero-order chi connectivity index (χ0) is 18.7. The van der Waals surface area contributed by atoms with Gasteiger partial charge in [-0.25, -0.2) is 18.2 Å². The zero-order valence-corrected chi connectivity index (χ0v) is 13.7. The Balaban J connectivity index is 1.71. The maximum absolute atomic E-state index is 13.6. The van der Waals surface area contributed by atoms with E-state index in [-0.39, 0.29) is 5.56 Å². The Hall–Kier alpha value is -3.35.